The molecule has 1 saturated carbocycles. The SMILES string of the molecule is CC(C)C1(CNC(=O)C(N)CC(N)=O)CC1. The highest BCUT2D eigenvalue weighted by molar-refractivity contribution is 5.87. The van der Waals surface area contributed by atoms with E-state index < -0.39 is 11.9 Å². The van der Waals surface area contributed by atoms with E-state index in [1.807, 2.05) is 0 Å². The largest absolute Gasteiger partial charge is 0.370 e. The predicted molar refractivity (Wildman–Crippen MR) is 61.3 cm³/mol. The van der Waals surface area contributed by atoms with Gasteiger partial charge in [-0.3, -0.25) is 9.59 Å². The molecule has 0 radical (unpaired) electrons. The highest BCUT2D eigenvalue weighted by Crippen LogP contribution is 2.51. The molecule has 5 nitrogen and oxygen atoms in total. The maximum Gasteiger partial charge on any atom is 0.237 e. The van der Waals surface area contributed by atoms with Crippen molar-refractivity contribution in [3.05, 3.63) is 0 Å². The summed E-state index contributed by atoms with van der Waals surface area (Å²) >= 11 is 0. The molecule has 1 fully saturated rings. The number of rotatable bonds is 6. The first-order valence-corrected chi connectivity index (χ1v) is 5.69. The second kappa shape index (κ2) is 4.82. The Labute approximate surface area is 95.9 Å². The predicted octanol–water partition coefficient (Wildman–Crippen LogP) is -0.258. The van der Waals surface area contributed by atoms with E-state index in [2.05, 4.69) is 19.2 Å². The third-order valence-electron chi connectivity index (χ3n) is 3.49. The molecule has 0 aromatic carbocycles. The quantitative estimate of drug-likeness (QED) is 0.583. The Hall–Kier alpha value is -1.10. The third kappa shape index (κ3) is 3.20. The molecule has 0 heterocycles. The molecule has 1 unspecified atom stereocenters. The van der Waals surface area contributed by atoms with Gasteiger partial charge in [0, 0.05) is 6.54 Å². The molecule has 0 spiro atoms. The van der Waals surface area contributed by atoms with E-state index in [9.17, 15) is 9.59 Å². The molecule has 0 saturated heterocycles. The number of nitrogens with two attached hydrogens (primary N) is 2. The van der Waals surface area contributed by atoms with Crippen LogP contribution < -0.4 is 16.8 Å². The molecule has 1 atom stereocenters. The summed E-state index contributed by atoms with van der Waals surface area (Å²) in [5.41, 5.74) is 10.8. The van der Waals surface area contributed by atoms with E-state index in [0.29, 0.717) is 12.5 Å². The van der Waals surface area contributed by atoms with Crippen LogP contribution in [-0.4, -0.2) is 24.4 Å². The van der Waals surface area contributed by atoms with E-state index in [0.717, 1.165) is 12.8 Å². The van der Waals surface area contributed by atoms with Gasteiger partial charge in [-0.05, 0) is 24.2 Å². The Morgan fingerprint density at radius 1 is 1.38 bits per heavy atom. The summed E-state index contributed by atoms with van der Waals surface area (Å²) in [6.07, 6.45) is 2.20. The van der Waals surface area contributed by atoms with Gasteiger partial charge in [0.15, 0.2) is 0 Å². The molecule has 0 bridgehead atoms. The van der Waals surface area contributed by atoms with Crippen molar-refractivity contribution in [1.29, 1.82) is 0 Å². The van der Waals surface area contributed by atoms with Crippen molar-refractivity contribution in [2.24, 2.45) is 22.8 Å². The van der Waals surface area contributed by atoms with Gasteiger partial charge in [-0.1, -0.05) is 13.8 Å². The summed E-state index contributed by atoms with van der Waals surface area (Å²) in [5.74, 6) is -0.279. The first-order chi connectivity index (χ1) is 7.37. The van der Waals surface area contributed by atoms with Crippen molar-refractivity contribution in [1.82, 2.24) is 5.32 Å². The third-order valence-corrected chi connectivity index (χ3v) is 3.49. The average Bonchev–Trinajstić information content (AvgIpc) is 2.93. The molecule has 16 heavy (non-hydrogen) atoms. The standard InChI is InChI=1S/C11H21N3O2/c1-7(2)11(3-4-11)6-14-10(16)8(12)5-9(13)15/h7-8H,3-6,12H2,1-2H3,(H2,13,15)(H,14,16). The van der Waals surface area contributed by atoms with Crippen LogP contribution in [0.3, 0.4) is 0 Å². The Bertz CT molecular complexity index is 285. The highest BCUT2D eigenvalue weighted by Gasteiger charge is 2.45. The maximum absolute atomic E-state index is 11.5. The molecule has 1 aliphatic rings. The number of primary amides is 1. The van der Waals surface area contributed by atoms with E-state index in [1.54, 1.807) is 0 Å². The lowest BCUT2D eigenvalue weighted by molar-refractivity contribution is -0.126. The van der Waals surface area contributed by atoms with E-state index in [-0.39, 0.29) is 17.7 Å². The molecule has 0 aromatic rings. The fourth-order valence-electron chi connectivity index (χ4n) is 1.82. The molecule has 0 aromatic heterocycles. The van der Waals surface area contributed by atoms with E-state index in [4.69, 9.17) is 11.5 Å². The van der Waals surface area contributed by atoms with Crippen LogP contribution in [0.1, 0.15) is 33.1 Å². The lowest BCUT2D eigenvalue weighted by atomic mass is 9.92. The lowest BCUT2D eigenvalue weighted by Crippen LogP contribution is -2.45. The Balaban J connectivity index is 2.33. The van der Waals surface area contributed by atoms with Crippen LogP contribution >= 0.6 is 0 Å². The molecule has 2 amide bonds. The topological polar surface area (TPSA) is 98.2 Å². The van der Waals surface area contributed by atoms with Crippen molar-refractivity contribution in [3.63, 3.8) is 0 Å². The first kappa shape index (κ1) is 13.0. The fourth-order valence-corrected chi connectivity index (χ4v) is 1.82. The summed E-state index contributed by atoms with van der Waals surface area (Å²) in [7, 11) is 0. The zero-order chi connectivity index (χ0) is 12.3. The van der Waals surface area contributed by atoms with Gasteiger partial charge in [0.25, 0.3) is 0 Å². The van der Waals surface area contributed by atoms with Crippen LogP contribution in [0, 0.1) is 11.3 Å². The second-order valence-electron chi connectivity index (χ2n) is 5.01. The number of hydrogen-bond acceptors (Lipinski definition) is 3. The second-order valence-corrected chi connectivity index (χ2v) is 5.01. The van der Waals surface area contributed by atoms with Crippen molar-refractivity contribution in [2.75, 3.05) is 6.54 Å². The van der Waals surface area contributed by atoms with E-state index in [1.165, 1.54) is 0 Å². The Morgan fingerprint density at radius 2 is 1.94 bits per heavy atom. The fraction of sp³-hybridized carbons (Fsp3) is 0.818. The minimum Gasteiger partial charge on any atom is -0.370 e. The van der Waals surface area contributed by atoms with Crippen molar-refractivity contribution in [2.45, 2.75) is 39.2 Å². The van der Waals surface area contributed by atoms with E-state index >= 15 is 0 Å². The molecule has 5 N–H and O–H groups in total. The van der Waals surface area contributed by atoms with Crippen LogP contribution in [0.15, 0.2) is 0 Å². The molecule has 5 heteroatoms. The lowest BCUT2D eigenvalue weighted by Gasteiger charge is -2.21. The van der Waals surface area contributed by atoms with Crippen LogP contribution in [0.5, 0.6) is 0 Å². The molecular formula is C11H21N3O2. The highest BCUT2D eigenvalue weighted by atomic mass is 16.2. The van der Waals surface area contributed by atoms with Crippen LogP contribution in [0.25, 0.3) is 0 Å². The van der Waals surface area contributed by atoms with Crippen molar-refractivity contribution < 1.29 is 9.59 Å². The van der Waals surface area contributed by atoms with Gasteiger partial charge in [0.05, 0.1) is 12.5 Å². The molecular weight excluding hydrogens is 206 g/mol. The van der Waals surface area contributed by atoms with Crippen molar-refractivity contribution >= 4 is 11.8 Å². The monoisotopic (exact) mass is 227 g/mol. The number of carbonyl (C=O) groups is 2. The Morgan fingerprint density at radius 3 is 2.31 bits per heavy atom. The summed E-state index contributed by atoms with van der Waals surface area (Å²) in [6.45, 7) is 4.96. The molecule has 1 aliphatic carbocycles. The minimum atomic E-state index is -0.819. The summed E-state index contributed by atoms with van der Waals surface area (Å²) in [5, 5.41) is 2.80. The van der Waals surface area contributed by atoms with Gasteiger partial charge in [-0.2, -0.15) is 0 Å². The zero-order valence-corrected chi connectivity index (χ0v) is 9.95. The number of carbonyl (C=O) groups excluding carboxylic acids is 2. The number of nitrogens with one attached hydrogen (secondary N) is 1. The summed E-state index contributed by atoms with van der Waals surface area (Å²) < 4.78 is 0. The van der Waals surface area contributed by atoms with Gasteiger partial charge in [0.2, 0.25) is 11.8 Å². The van der Waals surface area contributed by atoms with Crippen LogP contribution in [0.2, 0.25) is 0 Å². The molecule has 1 rings (SSSR count). The zero-order valence-electron chi connectivity index (χ0n) is 9.95. The van der Waals surface area contributed by atoms with Gasteiger partial charge in [-0.15, -0.1) is 0 Å². The van der Waals surface area contributed by atoms with Crippen molar-refractivity contribution in [3.8, 4) is 0 Å². The van der Waals surface area contributed by atoms with Gasteiger partial charge in [0.1, 0.15) is 0 Å². The average molecular weight is 227 g/mol. The summed E-state index contributed by atoms with van der Waals surface area (Å²) in [4.78, 5) is 22.1. The molecule has 0 aliphatic heterocycles. The molecule has 92 valence electrons. The summed E-state index contributed by atoms with van der Waals surface area (Å²) in [6, 6.07) is -0.819. The van der Waals surface area contributed by atoms with Gasteiger partial charge in [-0.25, -0.2) is 0 Å². The first-order valence-electron chi connectivity index (χ1n) is 5.69. The minimum absolute atomic E-state index is 0.0967. The normalized spacial score (nSPS) is 19.2. The Kier molecular flexibility index (Phi) is 3.91. The number of hydrogen-bond donors (Lipinski definition) is 3. The van der Waals surface area contributed by atoms with Gasteiger partial charge >= 0.3 is 0 Å². The van der Waals surface area contributed by atoms with Crippen LogP contribution in [0.4, 0.5) is 0 Å². The van der Waals surface area contributed by atoms with Crippen LogP contribution in [-0.2, 0) is 9.59 Å². The van der Waals surface area contributed by atoms with Gasteiger partial charge < -0.3 is 16.8 Å². The smallest absolute Gasteiger partial charge is 0.237 e. The number of amides is 2. The maximum atomic E-state index is 11.5.